The predicted molar refractivity (Wildman–Crippen MR) is 114 cm³/mol. The van der Waals surface area contributed by atoms with Gasteiger partial charge in [0.15, 0.2) is 5.96 Å². The van der Waals surface area contributed by atoms with Crippen molar-refractivity contribution in [3.8, 4) is 0 Å². The molecule has 6 heteroatoms. The van der Waals surface area contributed by atoms with Crippen LogP contribution < -0.4 is 5.32 Å². The van der Waals surface area contributed by atoms with Gasteiger partial charge in [-0.3, -0.25) is 9.98 Å². The molecule has 1 saturated heterocycles. The fraction of sp³-hybridized carbons (Fsp3) is 0.474. The van der Waals surface area contributed by atoms with E-state index >= 15 is 0 Å². The van der Waals surface area contributed by atoms with Gasteiger partial charge in [0.2, 0.25) is 0 Å². The van der Waals surface area contributed by atoms with E-state index in [-0.39, 0.29) is 24.0 Å². The molecule has 2 heterocycles. The van der Waals surface area contributed by atoms with Gasteiger partial charge in [-0.25, -0.2) is 0 Å². The zero-order valence-electron chi connectivity index (χ0n) is 14.9. The molecule has 0 aliphatic carbocycles. The van der Waals surface area contributed by atoms with E-state index in [1.165, 1.54) is 10.9 Å². The van der Waals surface area contributed by atoms with Crippen LogP contribution in [0.25, 0.3) is 10.9 Å². The molecule has 0 bridgehead atoms. The second-order valence-corrected chi connectivity index (χ2v) is 6.33. The number of ether oxygens (including phenoxy) is 1. The van der Waals surface area contributed by atoms with E-state index in [9.17, 15) is 0 Å². The number of fused-ring (bicyclic) bond motifs is 1. The Kier molecular flexibility index (Phi) is 7.90. The summed E-state index contributed by atoms with van der Waals surface area (Å²) < 4.78 is 5.46. The molecule has 2 aromatic rings. The molecule has 1 fully saturated rings. The van der Waals surface area contributed by atoms with Gasteiger partial charge in [0, 0.05) is 51.3 Å². The van der Waals surface area contributed by atoms with Gasteiger partial charge in [-0.15, -0.1) is 24.0 Å². The van der Waals surface area contributed by atoms with Gasteiger partial charge in [-0.1, -0.05) is 24.3 Å². The number of nitrogens with one attached hydrogen (secondary N) is 1. The fourth-order valence-corrected chi connectivity index (χ4v) is 3.26. The van der Waals surface area contributed by atoms with Crippen molar-refractivity contribution in [1.82, 2.24) is 15.2 Å². The average Bonchev–Trinajstić information content (AvgIpc) is 3.11. The number of hydrogen-bond donors (Lipinski definition) is 1. The maximum absolute atomic E-state index is 5.46. The molecule has 1 aromatic carbocycles. The summed E-state index contributed by atoms with van der Waals surface area (Å²) in [6.45, 7) is 3.57. The first-order valence-corrected chi connectivity index (χ1v) is 8.60. The molecule has 136 valence electrons. The van der Waals surface area contributed by atoms with Crippen molar-refractivity contribution in [2.75, 3.05) is 40.4 Å². The van der Waals surface area contributed by atoms with Crippen LogP contribution in [0.3, 0.4) is 0 Å². The Balaban J connectivity index is 0.00000225. The van der Waals surface area contributed by atoms with Crippen LogP contribution in [-0.2, 0) is 11.2 Å². The number of nitrogens with zero attached hydrogens (tertiary/aromatic N) is 3. The highest BCUT2D eigenvalue weighted by Gasteiger charge is 2.18. The maximum Gasteiger partial charge on any atom is 0.193 e. The lowest BCUT2D eigenvalue weighted by Crippen LogP contribution is -2.42. The van der Waals surface area contributed by atoms with Crippen molar-refractivity contribution < 1.29 is 4.74 Å². The minimum atomic E-state index is 0. The first-order chi connectivity index (χ1) is 11.8. The molecule has 1 aliphatic rings. The van der Waals surface area contributed by atoms with Crippen molar-refractivity contribution in [3.05, 3.63) is 42.1 Å². The van der Waals surface area contributed by atoms with E-state index in [0.29, 0.717) is 5.92 Å². The first kappa shape index (κ1) is 19.9. The third kappa shape index (κ3) is 5.28. The molecular formula is C19H27IN4O. The summed E-state index contributed by atoms with van der Waals surface area (Å²) in [5.41, 5.74) is 2.36. The lowest BCUT2D eigenvalue weighted by Gasteiger charge is -2.24. The number of hydrogen-bond acceptors (Lipinski definition) is 3. The summed E-state index contributed by atoms with van der Waals surface area (Å²) in [7, 11) is 3.93. The summed E-state index contributed by atoms with van der Waals surface area (Å²) in [6.07, 6.45) is 3.92. The molecule has 1 N–H and O–H groups in total. The van der Waals surface area contributed by atoms with Crippen LogP contribution in [-0.4, -0.2) is 56.2 Å². The fourth-order valence-electron chi connectivity index (χ4n) is 3.26. The van der Waals surface area contributed by atoms with Crippen molar-refractivity contribution in [2.45, 2.75) is 12.8 Å². The van der Waals surface area contributed by atoms with Crippen LogP contribution in [0.1, 0.15) is 12.0 Å². The Morgan fingerprint density at radius 3 is 2.96 bits per heavy atom. The highest BCUT2D eigenvalue weighted by molar-refractivity contribution is 14.0. The summed E-state index contributed by atoms with van der Waals surface area (Å²) in [5.74, 6) is 1.55. The lowest BCUT2D eigenvalue weighted by molar-refractivity contribution is 0.181. The number of aromatic nitrogens is 1. The van der Waals surface area contributed by atoms with Gasteiger partial charge in [-0.05, 0) is 24.5 Å². The second-order valence-electron chi connectivity index (χ2n) is 6.33. The van der Waals surface area contributed by atoms with Crippen LogP contribution in [0.5, 0.6) is 0 Å². The van der Waals surface area contributed by atoms with Crippen LogP contribution in [0, 0.1) is 5.92 Å². The first-order valence-electron chi connectivity index (χ1n) is 8.60. The molecule has 0 radical (unpaired) electrons. The minimum absolute atomic E-state index is 0. The number of guanidine groups is 1. The third-order valence-electron chi connectivity index (χ3n) is 4.52. The van der Waals surface area contributed by atoms with Crippen molar-refractivity contribution in [3.63, 3.8) is 0 Å². The van der Waals surface area contributed by atoms with E-state index in [0.717, 1.165) is 50.6 Å². The van der Waals surface area contributed by atoms with Crippen molar-refractivity contribution in [1.29, 1.82) is 0 Å². The van der Waals surface area contributed by atoms with Gasteiger partial charge in [0.05, 0.1) is 12.1 Å². The molecule has 0 amide bonds. The number of halogens is 1. The van der Waals surface area contributed by atoms with Gasteiger partial charge in [-0.2, -0.15) is 0 Å². The highest BCUT2D eigenvalue weighted by atomic mass is 127. The molecule has 1 aliphatic heterocycles. The van der Waals surface area contributed by atoms with Gasteiger partial charge in [0.1, 0.15) is 0 Å². The van der Waals surface area contributed by atoms with Gasteiger partial charge >= 0.3 is 0 Å². The van der Waals surface area contributed by atoms with Crippen molar-refractivity contribution >= 4 is 40.8 Å². The van der Waals surface area contributed by atoms with E-state index in [1.807, 2.05) is 19.3 Å². The smallest absolute Gasteiger partial charge is 0.193 e. The van der Waals surface area contributed by atoms with Gasteiger partial charge in [0.25, 0.3) is 0 Å². The number of benzene rings is 1. The Labute approximate surface area is 166 Å². The van der Waals surface area contributed by atoms with Crippen LogP contribution in [0.4, 0.5) is 0 Å². The lowest BCUT2D eigenvalue weighted by atomic mass is 10.1. The SMILES string of the molecule is CN=C(NCCc1cccc2cccnc12)N(C)CC1CCOC1.I. The number of aliphatic imine (C=N–C) groups is 1. The zero-order chi connectivity index (χ0) is 16.8. The Bertz CT molecular complexity index is 695. The van der Waals surface area contributed by atoms with Gasteiger partial charge < -0.3 is 15.0 Å². The molecule has 0 spiro atoms. The summed E-state index contributed by atoms with van der Waals surface area (Å²) in [4.78, 5) is 11.1. The molecule has 1 unspecified atom stereocenters. The number of rotatable bonds is 5. The van der Waals surface area contributed by atoms with Crippen LogP contribution in [0.2, 0.25) is 0 Å². The maximum atomic E-state index is 5.46. The Hall–Kier alpha value is -1.41. The quantitative estimate of drug-likeness (QED) is 0.429. The van der Waals surface area contributed by atoms with E-state index < -0.39 is 0 Å². The third-order valence-corrected chi connectivity index (χ3v) is 4.52. The van der Waals surface area contributed by atoms with E-state index in [4.69, 9.17) is 4.74 Å². The number of para-hydroxylation sites is 1. The minimum Gasteiger partial charge on any atom is -0.381 e. The van der Waals surface area contributed by atoms with Crippen LogP contribution in [0.15, 0.2) is 41.5 Å². The molecule has 1 atom stereocenters. The average molecular weight is 454 g/mol. The summed E-state index contributed by atoms with van der Waals surface area (Å²) in [6, 6.07) is 10.4. The standard InChI is InChI=1S/C19H26N4O.HI/c1-20-19(23(2)13-15-9-12-24-14-15)22-11-8-17-6-3-5-16-7-4-10-21-18(16)17;/h3-7,10,15H,8-9,11-14H2,1-2H3,(H,20,22);1H. The largest absolute Gasteiger partial charge is 0.381 e. The molecule has 3 rings (SSSR count). The highest BCUT2D eigenvalue weighted by Crippen LogP contribution is 2.16. The van der Waals surface area contributed by atoms with E-state index in [2.05, 4.69) is 51.5 Å². The Morgan fingerprint density at radius 1 is 1.36 bits per heavy atom. The zero-order valence-corrected chi connectivity index (χ0v) is 17.3. The van der Waals surface area contributed by atoms with E-state index in [1.54, 1.807) is 0 Å². The second kappa shape index (κ2) is 9.91. The normalized spacial score (nSPS) is 17.4. The van der Waals surface area contributed by atoms with Crippen molar-refractivity contribution in [2.24, 2.45) is 10.9 Å². The molecule has 0 saturated carbocycles. The summed E-state index contributed by atoms with van der Waals surface area (Å²) in [5, 5.41) is 4.66. The van der Waals surface area contributed by atoms with Crippen LogP contribution >= 0.6 is 24.0 Å². The molecule has 25 heavy (non-hydrogen) atoms. The molecular weight excluding hydrogens is 427 g/mol. The molecule has 1 aromatic heterocycles. The number of pyridine rings is 1. The molecule has 5 nitrogen and oxygen atoms in total. The topological polar surface area (TPSA) is 49.8 Å². The summed E-state index contributed by atoms with van der Waals surface area (Å²) >= 11 is 0. The monoisotopic (exact) mass is 454 g/mol. The Morgan fingerprint density at radius 2 is 2.20 bits per heavy atom. The predicted octanol–water partition coefficient (Wildman–Crippen LogP) is 2.94.